The van der Waals surface area contributed by atoms with Gasteiger partial charge < -0.3 is 25.4 Å². The lowest BCUT2D eigenvalue weighted by molar-refractivity contribution is -0.894. The molecule has 2 aromatic rings. The van der Waals surface area contributed by atoms with Crippen molar-refractivity contribution in [3.05, 3.63) is 48.0 Å². The number of nitrogens with zero attached hydrogens (tertiary/aromatic N) is 5. The van der Waals surface area contributed by atoms with E-state index in [0.29, 0.717) is 17.2 Å². The fraction of sp³-hybridized carbons (Fsp3) is 0.435. The number of rotatable bonds is 8. The Bertz CT molecular complexity index is 1110. The Morgan fingerprint density at radius 3 is 2.82 bits per heavy atom. The molecule has 0 amide bonds. The molecule has 10 heteroatoms. The van der Waals surface area contributed by atoms with Gasteiger partial charge in [0.05, 0.1) is 50.7 Å². The minimum absolute atomic E-state index is 0.0225. The summed E-state index contributed by atoms with van der Waals surface area (Å²) in [5.41, 5.74) is 8.23. The molecule has 0 unspecified atom stereocenters. The number of aliphatic hydroxyl groups is 1. The lowest BCUT2D eigenvalue weighted by atomic mass is 10.1. The van der Waals surface area contributed by atoms with Crippen LogP contribution in [-0.4, -0.2) is 102 Å². The lowest BCUT2D eigenvalue weighted by Crippen LogP contribution is -2.55. The number of allylic oxidation sites excluding steroid dienone is 2. The van der Waals surface area contributed by atoms with Crippen LogP contribution in [0.5, 0.6) is 0 Å². The van der Waals surface area contributed by atoms with Crippen molar-refractivity contribution in [1.82, 2.24) is 14.5 Å². The van der Waals surface area contributed by atoms with Crippen molar-refractivity contribution < 1.29 is 19.1 Å². The summed E-state index contributed by atoms with van der Waals surface area (Å²) >= 11 is 0. The molecule has 10 nitrogen and oxygen atoms in total. The number of anilines is 1. The second-order valence-corrected chi connectivity index (χ2v) is 8.92. The standard InChI is InChI=1S/C23H31N7O3/c1-30(2)11-9-28(10-12-30)8-6-25-23-22(19-5-3-4-7-29(19)27-23)26-18-16-21(33-14-13-31)20(32)15-17(18)24/h3-5,7,15-16,31H,6,8-14H2,1-2H3,(H2-,24,25,27,32)/p+1. The fourth-order valence-corrected chi connectivity index (χ4v) is 3.87. The number of hydrogen-bond acceptors (Lipinski definition) is 8. The predicted octanol–water partition coefficient (Wildman–Crippen LogP) is 0.529. The number of likely N-dealkylation sites (N-methyl/N-ethyl adjacent to an activating group) is 1. The molecule has 1 aliphatic heterocycles. The summed E-state index contributed by atoms with van der Waals surface area (Å²) in [6, 6.07) is 5.76. The van der Waals surface area contributed by atoms with Gasteiger partial charge in [-0.1, -0.05) is 6.07 Å². The van der Waals surface area contributed by atoms with Gasteiger partial charge in [-0.2, -0.15) is 0 Å². The maximum absolute atomic E-state index is 12.1. The van der Waals surface area contributed by atoms with E-state index in [2.05, 4.69) is 29.4 Å². The summed E-state index contributed by atoms with van der Waals surface area (Å²) in [5, 5.41) is 17.1. The number of ether oxygens (including phenoxy) is 1. The number of hydrogen-bond donors (Lipinski definition) is 3. The van der Waals surface area contributed by atoms with E-state index in [0.717, 1.165) is 49.3 Å². The first-order valence-corrected chi connectivity index (χ1v) is 11.2. The zero-order chi connectivity index (χ0) is 23.4. The molecule has 0 saturated carbocycles. The van der Waals surface area contributed by atoms with Crippen molar-refractivity contribution in [2.75, 3.05) is 71.9 Å². The number of aliphatic hydroxyl groups excluding tert-OH is 1. The molecule has 0 aromatic carbocycles. The zero-order valence-electron chi connectivity index (χ0n) is 19.2. The van der Waals surface area contributed by atoms with Crippen molar-refractivity contribution in [2.45, 2.75) is 0 Å². The van der Waals surface area contributed by atoms with Crippen LogP contribution in [-0.2, 0) is 9.53 Å². The quantitative estimate of drug-likeness (QED) is 0.393. The van der Waals surface area contributed by atoms with E-state index < -0.39 is 0 Å². The third-order valence-electron chi connectivity index (χ3n) is 5.95. The second-order valence-electron chi connectivity index (χ2n) is 8.92. The van der Waals surface area contributed by atoms with Crippen LogP contribution in [0, 0.1) is 0 Å². The number of piperazine rings is 1. The Balaban J connectivity index is 1.56. The molecule has 0 radical (unpaired) electrons. The molecule has 2 aliphatic rings. The molecule has 4 rings (SSSR count). The zero-order valence-corrected chi connectivity index (χ0v) is 19.2. The molecule has 2 aromatic heterocycles. The monoisotopic (exact) mass is 454 g/mol. The Labute approximate surface area is 193 Å². The number of carbonyl (C=O) groups excluding carboxylic acids is 1. The largest absolute Gasteiger partial charge is 0.487 e. The molecule has 0 atom stereocenters. The SMILES string of the molecule is C[N+]1(C)CCN(CCNc2nn3ccccc3c2N=C2C=C(OCCO)C(=O)C=C2N)CC1. The number of aromatic nitrogens is 2. The maximum atomic E-state index is 12.1. The first-order chi connectivity index (χ1) is 15.9. The fourth-order valence-electron chi connectivity index (χ4n) is 3.87. The van der Waals surface area contributed by atoms with E-state index in [1.165, 1.54) is 12.2 Å². The van der Waals surface area contributed by atoms with Gasteiger partial charge in [0.15, 0.2) is 11.6 Å². The van der Waals surface area contributed by atoms with Gasteiger partial charge in [0.1, 0.15) is 12.3 Å². The Morgan fingerprint density at radius 1 is 1.27 bits per heavy atom. The summed E-state index contributed by atoms with van der Waals surface area (Å²) in [6.07, 6.45) is 4.67. The van der Waals surface area contributed by atoms with Crippen LogP contribution in [0.3, 0.4) is 0 Å². The van der Waals surface area contributed by atoms with Crippen LogP contribution >= 0.6 is 0 Å². The summed E-state index contributed by atoms with van der Waals surface area (Å²) in [5.74, 6) is 0.411. The minimum Gasteiger partial charge on any atom is -0.487 e. The second kappa shape index (κ2) is 9.74. The van der Waals surface area contributed by atoms with E-state index in [1.54, 1.807) is 4.52 Å². The molecule has 1 saturated heterocycles. The highest BCUT2D eigenvalue weighted by Crippen LogP contribution is 2.31. The van der Waals surface area contributed by atoms with Gasteiger partial charge in [0.25, 0.3) is 0 Å². The van der Waals surface area contributed by atoms with Gasteiger partial charge in [0.2, 0.25) is 5.78 Å². The summed E-state index contributed by atoms with van der Waals surface area (Å²) in [6.45, 7) is 5.92. The van der Waals surface area contributed by atoms with Crippen molar-refractivity contribution in [3.63, 3.8) is 0 Å². The van der Waals surface area contributed by atoms with Gasteiger partial charge in [-0.15, -0.1) is 5.10 Å². The van der Waals surface area contributed by atoms with Crippen molar-refractivity contribution in [2.24, 2.45) is 10.7 Å². The average Bonchev–Trinajstić information content (AvgIpc) is 3.13. The first-order valence-electron chi connectivity index (χ1n) is 11.2. The molecule has 4 N–H and O–H groups in total. The van der Waals surface area contributed by atoms with E-state index in [4.69, 9.17) is 20.6 Å². The Morgan fingerprint density at radius 2 is 2.06 bits per heavy atom. The highest BCUT2D eigenvalue weighted by Gasteiger charge is 2.24. The minimum atomic E-state index is -0.346. The Kier molecular flexibility index (Phi) is 6.77. The van der Waals surface area contributed by atoms with Crippen LogP contribution in [0.1, 0.15) is 0 Å². The summed E-state index contributed by atoms with van der Waals surface area (Å²) < 4.78 is 8.17. The highest BCUT2D eigenvalue weighted by molar-refractivity contribution is 6.21. The van der Waals surface area contributed by atoms with Crippen LogP contribution in [0.25, 0.3) is 5.52 Å². The van der Waals surface area contributed by atoms with E-state index in [9.17, 15) is 4.79 Å². The van der Waals surface area contributed by atoms with Crippen LogP contribution in [0.4, 0.5) is 11.5 Å². The molecule has 0 spiro atoms. The molecular formula is C23H32N7O3+. The highest BCUT2D eigenvalue weighted by atomic mass is 16.5. The molecule has 3 heterocycles. The smallest absolute Gasteiger partial charge is 0.222 e. The summed E-state index contributed by atoms with van der Waals surface area (Å²) in [7, 11) is 4.54. The lowest BCUT2D eigenvalue weighted by Gasteiger charge is -2.39. The number of nitrogens with two attached hydrogens (primary N) is 1. The van der Waals surface area contributed by atoms with Crippen molar-refractivity contribution >= 4 is 28.5 Å². The van der Waals surface area contributed by atoms with Crippen molar-refractivity contribution in [1.29, 1.82) is 0 Å². The summed E-state index contributed by atoms with van der Waals surface area (Å²) in [4.78, 5) is 19.4. The molecule has 33 heavy (non-hydrogen) atoms. The van der Waals surface area contributed by atoms with Gasteiger partial charge in [0, 0.05) is 44.5 Å². The topological polar surface area (TPSA) is 117 Å². The van der Waals surface area contributed by atoms with Gasteiger partial charge in [-0.05, 0) is 12.1 Å². The van der Waals surface area contributed by atoms with Crippen molar-refractivity contribution in [3.8, 4) is 0 Å². The normalized spacial score (nSPS) is 20.1. The molecule has 0 bridgehead atoms. The van der Waals surface area contributed by atoms with Gasteiger partial charge >= 0.3 is 0 Å². The molecule has 176 valence electrons. The number of quaternary nitrogens is 1. The number of pyridine rings is 1. The number of ketones is 1. The Hall–Kier alpha value is -3.21. The molecular weight excluding hydrogens is 422 g/mol. The molecule has 1 fully saturated rings. The van der Waals surface area contributed by atoms with Crippen LogP contribution in [0.15, 0.2) is 53.0 Å². The van der Waals surface area contributed by atoms with E-state index >= 15 is 0 Å². The van der Waals surface area contributed by atoms with Gasteiger partial charge in [-0.3, -0.25) is 9.69 Å². The maximum Gasteiger partial charge on any atom is 0.222 e. The van der Waals surface area contributed by atoms with Crippen LogP contribution < -0.4 is 11.1 Å². The number of aliphatic imine (C=N–C) groups is 1. The molecule has 1 aliphatic carbocycles. The third kappa shape index (κ3) is 5.41. The third-order valence-corrected chi connectivity index (χ3v) is 5.95. The number of fused-ring (bicyclic) bond motifs is 1. The van der Waals surface area contributed by atoms with E-state index in [1.807, 2.05) is 24.4 Å². The van der Waals surface area contributed by atoms with E-state index in [-0.39, 0.29) is 30.5 Å². The number of carbonyl (C=O) groups is 1. The predicted molar refractivity (Wildman–Crippen MR) is 127 cm³/mol. The van der Waals surface area contributed by atoms with Gasteiger partial charge in [-0.25, -0.2) is 9.51 Å². The average molecular weight is 455 g/mol. The van der Waals surface area contributed by atoms with Crippen LogP contribution in [0.2, 0.25) is 0 Å². The number of nitrogens with one attached hydrogen (secondary N) is 1. The first kappa shape index (κ1) is 23.0.